The fourth-order valence-corrected chi connectivity index (χ4v) is 4.33. The lowest BCUT2D eigenvalue weighted by molar-refractivity contribution is -0.387. The van der Waals surface area contributed by atoms with Crippen LogP contribution in [0.3, 0.4) is 0 Å². The van der Waals surface area contributed by atoms with Gasteiger partial charge in [0.2, 0.25) is 0 Å². The van der Waals surface area contributed by atoms with Crippen LogP contribution in [0.1, 0.15) is 26.3 Å². The standard InChI is InChI=1S/C22H22N6O5S/c1-14-16(21(30)27-8-10-33-11-9-27)4-3-5-17(14)24-20(29)15-6-7-19(18(12-15)28(31)32)34-22-25-23-13-26(22)2/h3-7,12-13H,8-11H2,1-2H3,(H,24,29). The molecule has 1 N–H and O–H groups in total. The third-order valence-electron chi connectivity index (χ3n) is 5.40. The van der Waals surface area contributed by atoms with Crippen molar-refractivity contribution in [3.8, 4) is 0 Å². The molecule has 34 heavy (non-hydrogen) atoms. The van der Waals surface area contributed by atoms with Gasteiger partial charge in [0, 0.05) is 43.0 Å². The number of carbonyl (C=O) groups excluding carboxylic acids is 2. The van der Waals surface area contributed by atoms with E-state index in [9.17, 15) is 19.7 Å². The first kappa shape index (κ1) is 23.4. The molecule has 3 aromatic rings. The number of nitro groups is 1. The van der Waals surface area contributed by atoms with Gasteiger partial charge in [-0.3, -0.25) is 19.7 Å². The number of anilines is 1. The first-order chi connectivity index (χ1) is 16.3. The van der Waals surface area contributed by atoms with Crippen LogP contribution >= 0.6 is 11.8 Å². The number of nitrogens with one attached hydrogen (secondary N) is 1. The second kappa shape index (κ2) is 10.0. The van der Waals surface area contributed by atoms with Gasteiger partial charge in [-0.1, -0.05) is 6.07 Å². The molecule has 176 valence electrons. The van der Waals surface area contributed by atoms with Crippen molar-refractivity contribution < 1.29 is 19.2 Å². The summed E-state index contributed by atoms with van der Waals surface area (Å²) < 4.78 is 6.94. The van der Waals surface area contributed by atoms with Crippen molar-refractivity contribution in [2.75, 3.05) is 31.6 Å². The molecule has 11 nitrogen and oxygen atoms in total. The highest BCUT2D eigenvalue weighted by Gasteiger charge is 2.23. The Bertz CT molecular complexity index is 1250. The van der Waals surface area contributed by atoms with Crippen molar-refractivity contribution in [3.05, 3.63) is 69.5 Å². The molecule has 12 heteroatoms. The molecule has 0 atom stereocenters. The van der Waals surface area contributed by atoms with Gasteiger partial charge in [-0.15, -0.1) is 10.2 Å². The molecule has 0 saturated carbocycles. The average molecular weight is 483 g/mol. The third-order valence-corrected chi connectivity index (χ3v) is 6.52. The van der Waals surface area contributed by atoms with Gasteiger partial charge in [-0.05, 0) is 48.5 Å². The first-order valence-corrected chi connectivity index (χ1v) is 11.2. The van der Waals surface area contributed by atoms with E-state index in [2.05, 4.69) is 15.5 Å². The molecule has 1 aliphatic rings. The molecule has 0 unspecified atom stereocenters. The molecule has 1 saturated heterocycles. The second-order valence-corrected chi connectivity index (χ2v) is 8.61. The van der Waals surface area contributed by atoms with E-state index in [0.717, 1.165) is 11.8 Å². The van der Waals surface area contributed by atoms with Crippen LogP contribution in [0.5, 0.6) is 0 Å². The van der Waals surface area contributed by atoms with Crippen molar-refractivity contribution in [2.24, 2.45) is 7.05 Å². The number of amides is 2. The zero-order valence-electron chi connectivity index (χ0n) is 18.6. The molecule has 0 radical (unpaired) electrons. The maximum atomic E-state index is 12.9. The summed E-state index contributed by atoms with van der Waals surface area (Å²) in [6.45, 7) is 3.76. The number of aromatic nitrogens is 3. The predicted molar refractivity (Wildman–Crippen MR) is 124 cm³/mol. The van der Waals surface area contributed by atoms with Crippen molar-refractivity contribution in [1.82, 2.24) is 19.7 Å². The summed E-state index contributed by atoms with van der Waals surface area (Å²) in [4.78, 5) is 39.0. The molecular weight excluding hydrogens is 460 g/mol. The lowest BCUT2D eigenvalue weighted by Crippen LogP contribution is -2.41. The summed E-state index contributed by atoms with van der Waals surface area (Å²) in [5, 5.41) is 22.6. The lowest BCUT2D eigenvalue weighted by atomic mass is 10.0. The fraction of sp³-hybridized carbons (Fsp3) is 0.273. The quantitative estimate of drug-likeness (QED) is 0.419. The van der Waals surface area contributed by atoms with Gasteiger partial charge in [0.15, 0.2) is 5.16 Å². The first-order valence-electron chi connectivity index (χ1n) is 10.4. The maximum absolute atomic E-state index is 12.9. The van der Waals surface area contributed by atoms with E-state index in [1.54, 1.807) is 41.6 Å². The van der Waals surface area contributed by atoms with Gasteiger partial charge in [0.25, 0.3) is 17.5 Å². The van der Waals surface area contributed by atoms with Crippen LogP contribution in [0.2, 0.25) is 0 Å². The Hall–Kier alpha value is -3.77. The Morgan fingerprint density at radius 1 is 1.21 bits per heavy atom. The van der Waals surface area contributed by atoms with E-state index < -0.39 is 10.8 Å². The van der Waals surface area contributed by atoms with Crippen molar-refractivity contribution in [1.29, 1.82) is 0 Å². The van der Waals surface area contributed by atoms with E-state index in [4.69, 9.17) is 4.74 Å². The molecule has 2 aromatic carbocycles. The Balaban J connectivity index is 1.55. The Labute approximate surface area is 199 Å². The number of hydrogen-bond acceptors (Lipinski definition) is 8. The highest BCUT2D eigenvalue weighted by Crippen LogP contribution is 2.34. The molecule has 0 bridgehead atoms. The predicted octanol–water partition coefficient (Wildman–Crippen LogP) is 2.91. The van der Waals surface area contributed by atoms with Crippen LogP contribution < -0.4 is 5.32 Å². The largest absolute Gasteiger partial charge is 0.378 e. The number of nitro benzene ring substituents is 1. The minimum atomic E-state index is -0.539. The Kier molecular flexibility index (Phi) is 6.89. The van der Waals surface area contributed by atoms with E-state index in [1.807, 2.05) is 0 Å². The van der Waals surface area contributed by atoms with Gasteiger partial charge in [-0.25, -0.2) is 0 Å². The number of aryl methyl sites for hydroxylation is 1. The van der Waals surface area contributed by atoms with Crippen molar-refractivity contribution in [3.63, 3.8) is 0 Å². The van der Waals surface area contributed by atoms with Crippen LogP contribution in [-0.2, 0) is 11.8 Å². The molecule has 4 rings (SSSR count). The fourth-order valence-electron chi connectivity index (χ4n) is 3.48. The van der Waals surface area contributed by atoms with E-state index in [0.29, 0.717) is 53.2 Å². The minimum Gasteiger partial charge on any atom is -0.378 e. The molecule has 0 spiro atoms. The average Bonchev–Trinajstić information content (AvgIpc) is 3.24. The summed E-state index contributed by atoms with van der Waals surface area (Å²) in [5.74, 6) is -0.643. The molecule has 1 aromatic heterocycles. The number of carbonyl (C=O) groups is 2. The molecule has 2 heterocycles. The zero-order chi connectivity index (χ0) is 24.2. The number of morpholine rings is 1. The SMILES string of the molecule is Cc1c(NC(=O)c2ccc(Sc3nncn3C)c([N+](=O)[O-])c2)cccc1C(=O)N1CCOCC1. The lowest BCUT2D eigenvalue weighted by Gasteiger charge is -2.27. The van der Waals surface area contributed by atoms with Gasteiger partial charge in [0.05, 0.1) is 23.0 Å². The van der Waals surface area contributed by atoms with Crippen LogP contribution in [-0.4, -0.2) is 62.7 Å². The normalized spacial score (nSPS) is 13.5. The number of rotatable bonds is 6. The third kappa shape index (κ3) is 4.92. The molecule has 1 aliphatic heterocycles. The molecule has 2 amide bonds. The summed E-state index contributed by atoms with van der Waals surface area (Å²) in [7, 11) is 1.73. The second-order valence-electron chi connectivity index (χ2n) is 7.60. The van der Waals surface area contributed by atoms with Crippen LogP contribution in [0.15, 0.2) is 52.8 Å². The highest BCUT2D eigenvalue weighted by atomic mass is 32.2. The number of nitrogens with zero attached hydrogens (tertiary/aromatic N) is 5. The summed E-state index contributed by atoms with van der Waals surface area (Å²) in [6.07, 6.45) is 1.50. The van der Waals surface area contributed by atoms with E-state index in [1.165, 1.54) is 24.5 Å². The molecule has 0 aliphatic carbocycles. The van der Waals surface area contributed by atoms with Gasteiger partial charge in [-0.2, -0.15) is 0 Å². The van der Waals surface area contributed by atoms with Crippen LogP contribution in [0.4, 0.5) is 11.4 Å². The monoisotopic (exact) mass is 482 g/mol. The van der Waals surface area contributed by atoms with E-state index >= 15 is 0 Å². The summed E-state index contributed by atoms with van der Waals surface area (Å²) >= 11 is 1.09. The number of ether oxygens (including phenoxy) is 1. The van der Waals surface area contributed by atoms with Crippen LogP contribution in [0.25, 0.3) is 0 Å². The molecular formula is C22H22N6O5S. The maximum Gasteiger partial charge on any atom is 0.284 e. The van der Waals surface area contributed by atoms with E-state index in [-0.39, 0.29) is 17.2 Å². The summed E-state index contributed by atoms with van der Waals surface area (Å²) in [6, 6.07) is 9.35. The van der Waals surface area contributed by atoms with Gasteiger partial charge >= 0.3 is 0 Å². The van der Waals surface area contributed by atoms with Crippen molar-refractivity contribution in [2.45, 2.75) is 17.0 Å². The van der Waals surface area contributed by atoms with Crippen molar-refractivity contribution >= 4 is 35.0 Å². The number of hydrogen-bond donors (Lipinski definition) is 1. The highest BCUT2D eigenvalue weighted by molar-refractivity contribution is 7.99. The Morgan fingerprint density at radius 2 is 1.97 bits per heavy atom. The van der Waals surface area contributed by atoms with Crippen LogP contribution in [0, 0.1) is 17.0 Å². The summed E-state index contributed by atoms with van der Waals surface area (Å²) in [5.41, 5.74) is 1.48. The Morgan fingerprint density at radius 3 is 2.65 bits per heavy atom. The van der Waals surface area contributed by atoms with Gasteiger partial charge < -0.3 is 19.5 Å². The van der Waals surface area contributed by atoms with Gasteiger partial charge in [0.1, 0.15) is 6.33 Å². The topological polar surface area (TPSA) is 132 Å². The molecule has 1 fully saturated rings. The minimum absolute atomic E-state index is 0.123. The zero-order valence-corrected chi connectivity index (χ0v) is 19.4. The smallest absolute Gasteiger partial charge is 0.284 e. The number of benzene rings is 2.